The van der Waals surface area contributed by atoms with Gasteiger partial charge in [-0.05, 0) is 66.8 Å². The van der Waals surface area contributed by atoms with Crippen molar-refractivity contribution in [3.05, 3.63) is 82.1 Å². The van der Waals surface area contributed by atoms with E-state index in [4.69, 9.17) is 18.9 Å². The van der Waals surface area contributed by atoms with Crippen LogP contribution in [0.5, 0.6) is 23.0 Å². The lowest BCUT2D eigenvalue weighted by molar-refractivity contribution is -0.121. The molecule has 3 aromatic carbocycles. The van der Waals surface area contributed by atoms with E-state index >= 15 is 0 Å². The molecule has 0 radical (unpaired) electrons. The summed E-state index contributed by atoms with van der Waals surface area (Å²) in [6.45, 7) is 1.20. The maximum absolute atomic E-state index is 13.4. The number of methoxy groups -OCH3 is 4. The lowest BCUT2D eigenvalue weighted by atomic mass is 10.1. The monoisotopic (exact) mass is 648 g/mol. The number of rotatable bonds is 17. The third-order valence-electron chi connectivity index (χ3n) is 7.31. The molecule has 0 bridgehead atoms. The number of para-hydroxylation sites is 1. The Bertz CT molecular complexity index is 1710. The summed E-state index contributed by atoms with van der Waals surface area (Å²) in [4.78, 5) is 43.4. The van der Waals surface area contributed by atoms with E-state index in [1.807, 2.05) is 42.5 Å². The number of nitrogens with one attached hydrogen (secondary N) is 2. The van der Waals surface area contributed by atoms with E-state index in [-0.39, 0.29) is 29.5 Å². The van der Waals surface area contributed by atoms with Crippen LogP contribution < -0.4 is 35.1 Å². The van der Waals surface area contributed by atoms with E-state index in [0.29, 0.717) is 78.0 Å². The first-order chi connectivity index (χ1) is 22.4. The Hall–Kier alpha value is -4.71. The van der Waals surface area contributed by atoms with Crippen LogP contribution in [0.4, 0.5) is 0 Å². The lowest BCUT2D eigenvalue weighted by Crippen LogP contribution is -2.29. The van der Waals surface area contributed by atoms with Crippen molar-refractivity contribution in [3.63, 3.8) is 0 Å². The zero-order valence-corrected chi connectivity index (χ0v) is 27.4. The average molecular weight is 649 g/mol. The zero-order valence-electron chi connectivity index (χ0n) is 26.6. The lowest BCUT2D eigenvalue weighted by Gasteiger charge is -2.13. The second-order valence-corrected chi connectivity index (χ2v) is 11.3. The Kier molecular flexibility index (Phi) is 12.7. The van der Waals surface area contributed by atoms with Gasteiger partial charge in [-0.3, -0.25) is 19.0 Å². The quantitative estimate of drug-likeness (QED) is 0.129. The fourth-order valence-electron chi connectivity index (χ4n) is 4.89. The Morgan fingerprint density at radius 2 is 1.33 bits per heavy atom. The van der Waals surface area contributed by atoms with E-state index in [9.17, 15) is 14.4 Å². The maximum atomic E-state index is 13.4. The molecule has 4 rings (SSSR count). The van der Waals surface area contributed by atoms with Crippen molar-refractivity contribution < 1.29 is 28.5 Å². The molecule has 12 heteroatoms. The number of carbonyl (C=O) groups is 2. The summed E-state index contributed by atoms with van der Waals surface area (Å²) in [7, 11) is 6.34. The van der Waals surface area contributed by atoms with Gasteiger partial charge in [0.25, 0.3) is 5.56 Å². The van der Waals surface area contributed by atoms with Gasteiger partial charge in [-0.1, -0.05) is 36.0 Å². The number of fused-ring (bicyclic) bond motifs is 1. The van der Waals surface area contributed by atoms with Gasteiger partial charge in [0.1, 0.15) is 0 Å². The first-order valence-electron chi connectivity index (χ1n) is 14.9. The molecule has 0 aliphatic rings. The largest absolute Gasteiger partial charge is 0.493 e. The molecule has 4 aromatic rings. The van der Waals surface area contributed by atoms with Crippen LogP contribution in [0.1, 0.15) is 24.0 Å². The Morgan fingerprint density at radius 3 is 1.91 bits per heavy atom. The molecule has 2 N–H and O–H groups in total. The van der Waals surface area contributed by atoms with Crippen LogP contribution in [0.3, 0.4) is 0 Å². The first kappa shape index (κ1) is 34.2. The molecule has 1 heterocycles. The molecule has 1 aromatic heterocycles. The minimum Gasteiger partial charge on any atom is -0.493 e. The van der Waals surface area contributed by atoms with Crippen LogP contribution in [0.25, 0.3) is 10.9 Å². The minimum atomic E-state index is -0.198. The Labute approximate surface area is 272 Å². The Morgan fingerprint density at radius 1 is 0.761 bits per heavy atom. The third kappa shape index (κ3) is 9.16. The van der Waals surface area contributed by atoms with Crippen LogP contribution in [0.2, 0.25) is 0 Å². The number of nitrogens with zero attached hydrogens (tertiary/aromatic N) is 2. The summed E-state index contributed by atoms with van der Waals surface area (Å²) in [5, 5.41) is 6.80. The van der Waals surface area contributed by atoms with Crippen LogP contribution in [0.15, 0.2) is 70.6 Å². The standard InChI is InChI=1S/C34H40N4O7S/c1-42-27-13-11-23(20-29(27)44-3)15-17-35-31(39)10-7-19-38-33(41)25-8-5-6-9-26(25)37-34(38)46-22-32(40)36-18-16-24-12-14-28(43-2)30(21-24)45-4/h5-6,8-9,11-14,20-21H,7,10,15-19,22H2,1-4H3,(H,35,39)(H,36,40). The number of hydrogen-bond acceptors (Lipinski definition) is 9. The highest BCUT2D eigenvalue weighted by atomic mass is 32.2. The van der Waals surface area contributed by atoms with Gasteiger partial charge in [0.05, 0.1) is 45.1 Å². The Balaban J connectivity index is 1.30. The number of benzene rings is 3. The second kappa shape index (κ2) is 17.1. The van der Waals surface area contributed by atoms with Crippen molar-refractivity contribution in [2.75, 3.05) is 47.3 Å². The number of thioether (sulfide) groups is 1. The van der Waals surface area contributed by atoms with E-state index in [2.05, 4.69) is 15.6 Å². The molecule has 11 nitrogen and oxygen atoms in total. The smallest absolute Gasteiger partial charge is 0.262 e. The maximum Gasteiger partial charge on any atom is 0.262 e. The third-order valence-corrected chi connectivity index (χ3v) is 8.29. The van der Waals surface area contributed by atoms with Crippen molar-refractivity contribution >= 4 is 34.5 Å². The number of hydrogen-bond donors (Lipinski definition) is 2. The van der Waals surface area contributed by atoms with Crippen LogP contribution in [-0.2, 0) is 29.0 Å². The number of amides is 2. The zero-order chi connectivity index (χ0) is 32.9. The fourth-order valence-corrected chi connectivity index (χ4v) is 5.74. The molecule has 0 saturated heterocycles. The van der Waals surface area contributed by atoms with Crippen molar-refractivity contribution in [1.29, 1.82) is 0 Å². The number of aromatic nitrogens is 2. The number of ether oxygens (including phenoxy) is 4. The van der Waals surface area contributed by atoms with E-state index in [1.165, 1.54) is 11.8 Å². The van der Waals surface area contributed by atoms with Gasteiger partial charge in [0.2, 0.25) is 11.8 Å². The van der Waals surface area contributed by atoms with Gasteiger partial charge < -0.3 is 29.6 Å². The van der Waals surface area contributed by atoms with Gasteiger partial charge in [0, 0.05) is 26.1 Å². The molecule has 0 atom stereocenters. The summed E-state index contributed by atoms with van der Waals surface area (Å²) < 4.78 is 22.8. The molecule has 0 saturated carbocycles. The fraction of sp³-hybridized carbons (Fsp3) is 0.353. The number of carbonyl (C=O) groups excluding carboxylic acids is 2. The van der Waals surface area contributed by atoms with Gasteiger partial charge >= 0.3 is 0 Å². The minimum absolute atomic E-state index is 0.0906. The summed E-state index contributed by atoms with van der Waals surface area (Å²) in [5.74, 6) is 2.38. The molecule has 0 aliphatic carbocycles. The van der Waals surface area contributed by atoms with Crippen molar-refractivity contribution in [2.24, 2.45) is 0 Å². The topological polar surface area (TPSA) is 130 Å². The van der Waals surface area contributed by atoms with E-state index in [0.717, 1.165) is 11.1 Å². The molecule has 0 spiro atoms. The summed E-state index contributed by atoms with van der Waals surface area (Å²) in [6, 6.07) is 18.4. The summed E-state index contributed by atoms with van der Waals surface area (Å²) in [6.07, 6.45) is 1.93. The van der Waals surface area contributed by atoms with Crippen LogP contribution in [-0.4, -0.2) is 68.6 Å². The van der Waals surface area contributed by atoms with Crippen LogP contribution in [0, 0.1) is 0 Å². The van der Waals surface area contributed by atoms with Gasteiger partial charge in [-0.25, -0.2) is 4.98 Å². The predicted octanol–water partition coefficient (Wildman–Crippen LogP) is 4.02. The second-order valence-electron chi connectivity index (χ2n) is 10.3. The van der Waals surface area contributed by atoms with E-state index < -0.39 is 0 Å². The van der Waals surface area contributed by atoms with Crippen molar-refractivity contribution in [1.82, 2.24) is 20.2 Å². The molecule has 46 heavy (non-hydrogen) atoms. The molecule has 0 aliphatic heterocycles. The average Bonchev–Trinajstić information content (AvgIpc) is 3.08. The SMILES string of the molecule is COc1ccc(CCNC(=O)CCCn2c(SCC(=O)NCCc3ccc(OC)c(OC)c3)nc3ccccc3c2=O)cc1OC. The van der Waals surface area contributed by atoms with E-state index in [1.54, 1.807) is 51.2 Å². The van der Waals surface area contributed by atoms with Crippen molar-refractivity contribution in [2.45, 2.75) is 37.4 Å². The summed E-state index contributed by atoms with van der Waals surface area (Å²) in [5.41, 5.74) is 2.38. The van der Waals surface area contributed by atoms with Crippen LogP contribution >= 0.6 is 11.8 Å². The van der Waals surface area contributed by atoms with Crippen molar-refractivity contribution in [3.8, 4) is 23.0 Å². The first-order valence-corrected chi connectivity index (χ1v) is 15.9. The molecule has 0 fully saturated rings. The van der Waals surface area contributed by atoms with Gasteiger partial charge in [-0.2, -0.15) is 0 Å². The molecule has 244 valence electrons. The van der Waals surface area contributed by atoms with Gasteiger partial charge in [0.15, 0.2) is 28.2 Å². The molecular weight excluding hydrogens is 608 g/mol. The predicted molar refractivity (Wildman–Crippen MR) is 178 cm³/mol. The highest BCUT2D eigenvalue weighted by Gasteiger charge is 2.14. The van der Waals surface area contributed by atoms with Gasteiger partial charge in [-0.15, -0.1) is 0 Å². The summed E-state index contributed by atoms with van der Waals surface area (Å²) >= 11 is 1.20. The molecule has 0 unspecified atom stereocenters. The highest BCUT2D eigenvalue weighted by Crippen LogP contribution is 2.28. The highest BCUT2D eigenvalue weighted by molar-refractivity contribution is 7.99. The molecular formula is C34H40N4O7S. The normalized spacial score (nSPS) is 10.8. The molecule has 2 amide bonds.